The minimum Gasteiger partial charge on any atom is -0.492 e. The summed E-state index contributed by atoms with van der Waals surface area (Å²) in [6, 6.07) is 6.30. The SMILES string of the molecule is N#Cc1c(F)cccc1OCC1CCCC1CN. The molecular weight excluding hydrogens is 231 g/mol. The van der Waals surface area contributed by atoms with E-state index in [1.807, 2.05) is 6.07 Å². The van der Waals surface area contributed by atoms with Crippen molar-refractivity contribution >= 4 is 0 Å². The lowest BCUT2D eigenvalue weighted by atomic mass is 9.97. The van der Waals surface area contributed by atoms with Crippen molar-refractivity contribution in [3.63, 3.8) is 0 Å². The number of benzene rings is 1. The molecule has 2 N–H and O–H groups in total. The van der Waals surface area contributed by atoms with E-state index in [4.69, 9.17) is 15.7 Å². The highest BCUT2D eigenvalue weighted by Crippen LogP contribution is 2.32. The summed E-state index contributed by atoms with van der Waals surface area (Å²) >= 11 is 0. The highest BCUT2D eigenvalue weighted by Gasteiger charge is 2.26. The molecule has 0 heterocycles. The molecule has 0 amide bonds. The van der Waals surface area contributed by atoms with E-state index in [9.17, 15) is 4.39 Å². The van der Waals surface area contributed by atoms with E-state index in [-0.39, 0.29) is 5.56 Å². The van der Waals surface area contributed by atoms with Gasteiger partial charge in [-0.15, -0.1) is 0 Å². The lowest BCUT2D eigenvalue weighted by molar-refractivity contribution is 0.216. The summed E-state index contributed by atoms with van der Waals surface area (Å²) in [6.45, 7) is 1.18. The van der Waals surface area contributed by atoms with Crippen LogP contribution in [0.25, 0.3) is 0 Å². The maximum atomic E-state index is 13.4. The van der Waals surface area contributed by atoms with Gasteiger partial charge in [0.2, 0.25) is 0 Å². The molecule has 2 rings (SSSR count). The average Bonchev–Trinajstić information content (AvgIpc) is 2.83. The van der Waals surface area contributed by atoms with Crippen molar-refractivity contribution in [2.45, 2.75) is 19.3 Å². The fourth-order valence-corrected chi connectivity index (χ4v) is 2.57. The molecule has 18 heavy (non-hydrogen) atoms. The Morgan fingerprint density at radius 3 is 2.89 bits per heavy atom. The fraction of sp³-hybridized carbons (Fsp3) is 0.500. The molecule has 1 saturated carbocycles. The molecule has 1 fully saturated rings. The first-order valence-corrected chi connectivity index (χ1v) is 6.27. The van der Waals surface area contributed by atoms with Gasteiger partial charge in [-0.05, 0) is 43.4 Å². The van der Waals surface area contributed by atoms with Crippen LogP contribution in [-0.4, -0.2) is 13.2 Å². The molecule has 0 radical (unpaired) electrons. The highest BCUT2D eigenvalue weighted by atomic mass is 19.1. The van der Waals surface area contributed by atoms with Gasteiger partial charge in [0, 0.05) is 0 Å². The molecule has 2 atom stereocenters. The Kier molecular flexibility index (Phi) is 4.16. The van der Waals surface area contributed by atoms with Crippen LogP contribution < -0.4 is 10.5 Å². The second kappa shape index (κ2) is 5.83. The zero-order valence-corrected chi connectivity index (χ0v) is 10.2. The summed E-state index contributed by atoms with van der Waals surface area (Å²) in [5.41, 5.74) is 5.69. The molecule has 3 nitrogen and oxygen atoms in total. The second-order valence-electron chi connectivity index (χ2n) is 4.72. The molecule has 96 valence electrons. The van der Waals surface area contributed by atoms with Gasteiger partial charge in [0.25, 0.3) is 0 Å². The van der Waals surface area contributed by atoms with Gasteiger partial charge >= 0.3 is 0 Å². The number of rotatable bonds is 4. The zero-order valence-electron chi connectivity index (χ0n) is 10.2. The average molecular weight is 248 g/mol. The Morgan fingerprint density at radius 1 is 1.39 bits per heavy atom. The van der Waals surface area contributed by atoms with E-state index in [2.05, 4.69) is 0 Å². The maximum absolute atomic E-state index is 13.4. The number of hydrogen-bond acceptors (Lipinski definition) is 3. The Bertz CT molecular complexity index is 456. The van der Waals surface area contributed by atoms with Crippen LogP contribution in [0.4, 0.5) is 4.39 Å². The van der Waals surface area contributed by atoms with Gasteiger partial charge in [0.15, 0.2) is 0 Å². The number of nitrogens with two attached hydrogens (primary N) is 1. The first-order chi connectivity index (χ1) is 8.76. The van der Waals surface area contributed by atoms with E-state index >= 15 is 0 Å². The van der Waals surface area contributed by atoms with Crippen molar-refractivity contribution in [2.75, 3.05) is 13.2 Å². The smallest absolute Gasteiger partial charge is 0.144 e. The molecule has 1 aromatic carbocycles. The minimum atomic E-state index is -0.531. The number of hydrogen-bond donors (Lipinski definition) is 1. The molecule has 4 heteroatoms. The van der Waals surface area contributed by atoms with Crippen LogP contribution in [0.1, 0.15) is 24.8 Å². The summed E-state index contributed by atoms with van der Waals surface area (Å²) in [5, 5.41) is 8.90. The molecule has 0 bridgehead atoms. The Labute approximate surface area is 106 Å². The van der Waals surface area contributed by atoms with Gasteiger partial charge in [-0.1, -0.05) is 12.5 Å². The largest absolute Gasteiger partial charge is 0.492 e. The summed E-state index contributed by atoms with van der Waals surface area (Å²) in [7, 11) is 0. The van der Waals surface area contributed by atoms with Gasteiger partial charge in [-0.2, -0.15) is 5.26 Å². The molecule has 1 aliphatic carbocycles. The Hall–Kier alpha value is -1.60. The van der Waals surface area contributed by atoms with Gasteiger partial charge < -0.3 is 10.5 Å². The number of nitriles is 1. The maximum Gasteiger partial charge on any atom is 0.144 e. The topological polar surface area (TPSA) is 59.0 Å². The molecule has 1 aliphatic rings. The van der Waals surface area contributed by atoms with E-state index in [0.717, 1.165) is 12.8 Å². The molecule has 1 aromatic rings. The third kappa shape index (κ3) is 2.62. The number of ether oxygens (including phenoxy) is 1. The third-order valence-corrected chi connectivity index (χ3v) is 3.66. The van der Waals surface area contributed by atoms with E-state index in [0.29, 0.717) is 30.7 Å². The monoisotopic (exact) mass is 248 g/mol. The van der Waals surface area contributed by atoms with Crippen molar-refractivity contribution < 1.29 is 9.13 Å². The van der Waals surface area contributed by atoms with E-state index in [1.54, 1.807) is 12.1 Å². The molecular formula is C14H17FN2O. The lowest BCUT2D eigenvalue weighted by Gasteiger charge is -2.18. The number of nitrogens with zero attached hydrogens (tertiary/aromatic N) is 1. The first-order valence-electron chi connectivity index (χ1n) is 6.27. The molecule has 0 aromatic heterocycles. The van der Waals surface area contributed by atoms with Crippen LogP contribution in [0.2, 0.25) is 0 Å². The summed E-state index contributed by atoms with van der Waals surface area (Å²) < 4.78 is 19.0. The summed E-state index contributed by atoms with van der Waals surface area (Å²) in [5.74, 6) is 0.714. The fourth-order valence-electron chi connectivity index (χ4n) is 2.57. The predicted molar refractivity (Wildman–Crippen MR) is 66.5 cm³/mol. The summed E-state index contributed by atoms with van der Waals surface area (Å²) in [4.78, 5) is 0. The van der Waals surface area contributed by atoms with Crippen molar-refractivity contribution in [1.29, 1.82) is 5.26 Å². The van der Waals surface area contributed by atoms with Gasteiger partial charge in [-0.25, -0.2) is 4.39 Å². The predicted octanol–water partition coefficient (Wildman–Crippen LogP) is 2.45. The van der Waals surface area contributed by atoms with Gasteiger partial charge in [-0.3, -0.25) is 0 Å². The highest BCUT2D eigenvalue weighted by molar-refractivity contribution is 5.43. The van der Waals surface area contributed by atoms with Crippen LogP contribution in [-0.2, 0) is 0 Å². The molecule has 0 aliphatic heterocycles. The second-order valence-corrected chi connectivity index (χ2v) is 4.72. The van der Waals surface area contributed by atoms with Gasteiger partial charge in [0.1, 0.15) is 23.2 Å². The molecule has 2 unspecified atom stereocenters. The minimum absolute atomic E-state index is 0.0141. The van der Waals surface area contributed by atoms with E-state index < -0.39 is 5.82 Å². The zero-order chi connectivity index (χ0) is 13.0. The van der Waals surface area contributed by atoms with Crippen molar-refractivity contribution in [1.82, 2.24) is 0 Å². The van der Waals surface area contributed by atoms with Crippen LogP contribution in [0.3, 0.4) is 0 Å². The normalized spacial score (nSPS) is 22.7. The van der Waals surface area contributed by atoms with Crippen LogP contribution in [0.5, 0.6) is 5.75 Å². The van der Waals surface area contributed by atoms with Crippen molar-refractivity contribution in [3.05, 3.63) is 29.6 Å². The van der Waals surface area contributed by atoms with Crippen LogP contribution in [0.15, 0.2) is 18.2 Å². The van der Waals surface area contributed by atoms with Crippen molar-refractivity contribution in [3.8, 4) is 11.8 Å². The first kappa shape index (κ1) is 12.8. The Morgan fingerprint density at radius 2 is 2.17 bits per heavy atom. The molecule has 0 saturated heterocycles. The lowest BCUT2D eigenvalue weighted by Crippen LogP contribution is -2.23. The summed E-state index contributed by atoms with van der Waals surface area (Å²) in [6.07, 6.45) is 3.40. The van der Waals surface area contributed by atoms with Crippen LogP contribution >= 0.6 is 0 Å². The quantitative estimate of drug-likeness (QED) is 0.890. The van der Waals surface area contributed by atoms with E-state index in [1.165, 1.54) is 12.5 Å². The van der Waals surface area contributed by atoms with Crippen molar-refractivity contribution in [2.24, 2.45) is 17.6 Å². The third-order valence-electron chi connectivity index (χ3n) is 3.66. The standard InChI is InChI=1S/C14H17FN2O/c15-13-5-2-6-14(12(13)8-17)18-9-11-4-1-3-10(11)7-16/h2,5-6,10-11H,1,3-4,7,9,16H2. The van der Waals surface area contributed by atoms with Crippen LogP contribution in [0, 0.1) is 29.0 Å². The molecule has 0 spiro atoms. The van der Waals surface area contributed by atoms with Gasteiger partial charge in [0.05, 0.1) is 6.61 Å². The Balaban J connectivity index is 2.02. The number of halogens is 1.